The van der Waals surface area contributed by atoms with Gasteiger partial charge in [0.15, 0.2) is 17.5 Å². The van der Waals surface area contributed by atoms with E-state index < -0.39 is 0 Å². The number of thiazole rings is 1. The number of aliphatic imine (C=N–C) groups is 1. The summed E-state index contributed by atoms with van der Waals surface area (Å²) in [5.41, 5.74) is 3.81. The van der Waals surface area contributed by atoms with Crippen molar-refractivity contribution in [3.63, 3.8) is 0 Å². The first-order valence-electron chi connectivity index (χ1n) is 11.0. The highest BCUT2D eigenvalue weighted by atomic mass is 32.1. The van der Waals surface area contributed by atoms with E-state index >= 15 is 0 Å². The minimum absolute atomic E-state index is 0.455. The van der Waals surface area contributed by atoms with Gasteiger partial charge in [0.05, 0.1) is 26.5 Å². The summed E-state index contributed by atoms with van der Waals surface area (Å²) < 4.78 is 10.9. The fraction of sp³-hybridized carbons (Fsp3) is 0.565. The fourth-order valence-electron chi connectivity index (χ4n) is 3.62. The molecule has 0 spiro atoms. The largest absolute Gasteiger partial charge is 0.493 e. The number of hydrogen-bond acceptors (Lipinski definition) is 6. The predicted octanol–water partition coefficient (Wildman–Crippen LogP) is 3.40. The maximum Gasteiger partial charge on any atom is 0.191 e. The second-order valence-electron chi connectivity index (χ2n) is 7.94. The van der Waals surface area contributed by atoms with Crippen LogP contribution in [0.1, 0.15) is 48.5 Å². The van der Waals surface area contributed by atoms with Gasteiger partial charge in [-0.25, -0.2) is 9.98 Å². The zero-order chi connectivity index (χ0) is 22.2. The normalized spacial score (nSPS) is 14.5. The molecule has 1 aromatic heterocycles. The molecule has 1 aromatic carbocycles. The third-order valence-corrected chi connectivity index (χ3v) is 6.25. The molecule has 1 aliphatic heterocycles. The van der Waals surface area contributed by atoms with Crippen molar-refractivity contribution in [2.24, 2.45) is 4.99 Å². The van der Waals surface area contributed by atoms with E-state index in [-0.39, 0.29) is 0 Å². The van der Waals surface area contributed by atoms with Crippen molar-refractivity contribution in [1.29, 1.82) is 0 Å². The maximum atomic E-state index is 5.47. The van der Waals surface area contributed by atoms with E-state index in [1.54, 1.807) is 25.6 Å². The Labute approximate surface area is 189 Å². The number of ether oxygens (including phenoxy) is 2. The molecule has 2 heterocycles. The van der Waals surface area contributed by atoms with Gasteiger partial charge < -0.3 is 20.1 Å². The molecule has 1 aliphatic rings. The highest BCUT2D eigenvalue weighted by molar-refractivity contribution is 7.09. The van der Waals surface area contributed by atoms with E-state index in [1.807, 2.05) is 0 Å². The summed E-state index contributed by atoms with van der Waals surface area (Å²) in [4.78, 5) is 11.8. The van der Waals surface area contributed by atoms with Crippen LogP contribution < -0.4 is 20.1 Å². The van der Waals surface area contributed by atoms with E-state index in [9.17, 15) is 0 Å². The van der Waals surface area contributed by atoms with Crippen molar-refractivity contribution >= 4 is 17.3 Å². The van der Waals surface area contributed by atoms with Crippen LogP contribution in [0.3, 0.4) is 0 Å². The van der Waals surface area contributed by atoms with Gasteiger partial charge in [0.25, 0.3) is 0 Å². The van der Waals surface area contributed by atoms with E-state index in [0.29, 0.717) is 12.5 Å². The second-order valence-corrected chi connectivity index (χ2v) is 8.89. The predicted molar refractivity (Wildman–Crippen MR) is 128 cm³/mol. The SMILES string of the molecule is CCNC(=NCc1nc(C(C)C)cs1)NCCN1CCc2cc(OC)c(OC)cc2C1. The summed E-state index contributed by atoms with van der Waals surface area (Å²) >= 11 is 1.68. The monoisotopic (exact) mass is 445 g/mol. The molecule has 0 unspecified atom stereocenters. The van der Waals surface area contributed by atoms with Gasteiger partial charge in [0.1, 0.15) is 5.01 Å². The molecule has 3 rings (SSSR count). The number of hydrogen-bond donors (Lipinski definition) is 2. The lowest BCUT2D eigenvalue weighted by molar-refractivity contribution is 0.256. The highest BCUT2D eigenvalue weighted by Gasteiger charge is 2.19. The molecule has 170 valence electrons. The van der Waals surface area contributed by atoms with Gasteiger partial charge in [-0.2, -0.15) is 0 Å². The Morgan fingerprint density at radius 3 is 2.58 bits per heavy atom. The van der Waals surface area contributed by atoms with Crippen LogP contribution in [0.5, 0.6) is 11.5 Å². The van der Waals surface area contributed by atoms with Crippen molar-refractivity contribution in [2.45, 2.75) is 46.2 Å². The van der Waals surface area contributed by atoms with E-state index in [4.69, 9.17) is 14.5 Å². The van der Waals surface area contributed by atoms with Crippen molar-refractivity contribution < 1.29 is 9.47 Å². The Bertz CT molecular complexity index is 881. The molecule has 2 aromatic rings. The number of nitrogens with zero attached hydrogens (tertiary/aromatic N) is 3. The van der Waals surface area contributed by atoms with Crippen LogP contribution in [0.2, 0.25) is 0 Å². The van der Waals surface area contributed by atoms with Crippen molar-refractivity contribution in [3.05, 3.63) is 39.3 Å². The Kier molecular flexibility index (Phi) is 8.54. The Morgan fingerprint density at radius 2 is 1.94 bits per heavy atom. The number of nitrogens with one attached hydrogen (secondary N) is 2. The third kappa shape index (κ3) is 6.33. The van der Waals surface area contributed by atoms with Gasteiger partial charge in [-0.15, -0.1) is 11.3 Å². The van der Waals surface area contributed by atoms with Gasteiger partial charge in [-0.3, -0.25) is 4.90 Å². The van der Waals surface area contributed by atoms with Crippen molar-refractivity contribution in [3.8, 4) is 11.5 Å². The molecular weight excluding hydrogens is 410 g/mol. The molecular formula is C23H35N5O2S. The van der Waals surface area contributed by atoms with Crippen LogP contribution in [-0.2, 0) is 19.5 Å². The Morgan fingerprint density at radius 1 is 1.19 bits per heavy atom. The third-order valence-electron chi connectivity index (χ3n) is 5.40. The number of guanidine groups is 1. The van der Waals surface area contributed by atoms with Gasteiger partial charge in [-0.05, 0) is 42.5 Å². The minimum atomic E-state index is 0.455. The van der Waals surface area contributed by atoms with Crippen LogP contribution in [0.4, 0.5) is 0 Å². The van der Waals surface area contributed by atoms with E-state index in [2.05, 4.69) is 58.8 Å². The van der Waals surface area contributed by atoms with E-state index in [1.165, 1.54) is 11.1 Å². The molecule has 0 saturated heterocycles. The Hall–Kier alpha value is -2.32. The van der Waals surface area contributed by atoms with Gasteiger partial charge in [-0.1, -0.05) is 13.8 Å². The minimum Gasteiger partial charge on any atom is -0.493 e. The van der Waals surface area contributed by atoms with Gasteiger partial charge in [0.2, 0.25) is 0 Å². The molecule has 0 bridgehead atoms. The zero-order valence-corrected chi connectivity index (χ0v) is 20.1. The average Bonchev–Trinajstić information content (AvgIpc) is 3.26. The molecule has 0 atom stereocenters. The molecule has 31 heavy (non-hydrogen) atoms. The first-order chi connectivity index (χ1) is 15.0. The first-order valence-corrected chi connectivity index (χ1v) is 11.8. The quantitative estimate of drug-likeness (QED) is 0.455. The number of benzene rings is 1. The van der Waals surface area contributed by atoms with Crippen molar-refractivity contribution in [2.75, 3.05) is 40.4 Å². The number of fused-ring (bicyclic) bond motifs is 1. The van der Waals surface area contributed by atoms with Crippen LogP contribution in [0.15, 0.2) is 22.5 Å². The van der Waals surface area contributed by atoms with Gasteiger partial charge in [0, 0.05) is 38.1 Å². The fourth-order valence-corrected chi connectivity index (χ4v) is 4.50. The molecule has 7 nitrogen and oxygen atoms in total. The first kappa shape index (κ1) is 23.3. The van der Waals surface area contributed by atoms with Crippen molar-refractivity contribution in [1.82, 2.24) is 20.5 Å². The highest BCUT2D eigenvalue weighted by Crippen LogP contribution is 2.33. The van der Waals surface area contributed by atoms with Gasteiger partial charge >= 0.3 is 0 Å². The summed E-state index contributed by atoms with van der Waals surface area (Å²) in [7, 11) is 3.37. The Balaban J connectivity index is 1.52. The van der Waals surface area contributed by atoms with Crippen LogP contribution in [0.25, 0.3) is 0 Å². The number of aromatic nitrogens is 1. The molecule has 0 amide bonds. The molecule has 0 aliphatic carbocycles. The van der Waals surface area contributed by atoms with Crippen LogP contribution in [0, 0.1) is 0 Å². The molecule has 0 fully saturated rings. The van der Waals surface area contributed by atoms with Crippen LogP contribution in [-0.4, -0.2) is 56.2 Å². The second kappa shape index (κ2) is 11.3. The lowest BCUT2D eigenvalue weighted by Gasteiger charge is -2.29. The molecule has 2 N–H and O–H groups in total. The lowest BCUT2D eigenvalue weighted by atomic mass is 9.99. The molecule has 0 radical (unpaired) electrons. The maximum absolute atomic E-state index is 5.47. The number of methoxy groups -OCH3 is 2. The smallest absolute Gasteiger partial charge is 0.191 e. The molecule has 0 saturated carbocycles. The summed E-state index contributed by atoms with van der Waals surface area (Å²) in [6.45, 7) is 11.6. The number of rotatable bonds is 9. The summed E-state index contributed by atoms with van der Waals surface area (Å²) in [6.07, 6.45) is 1.02. The summed E-state index contributed by atoms with van der Waals surface area (Å²) in [6, 6.07) is 4.22. The average molecular weight is 446 g/mol. The zero-order valence-electron chi connectivity index (χ0n) is 19.3. The topological polar surface area (TPSA) is 71.0 Å². The van der Waals surface area contributed by atoms with Crippen LogP contribution >= 0.6 is 11.3 Å². The standard InChI is InChI=1S/C23H35N5O2S/c1-6-24-23(26-13-22-27-19(15-31-22)16(2)3)25-8-10-28-9-7-17-11-20(29-4)21(30-5)12-18(17)14-28/h11-12,15-16H,6-10,13-14H2,1-5H3,(H2,24,25,26). The summed E-state index contributed by atoms with van der Waals surface area (Å²) in [5, 5.41) is 9.98. The molecule has 8 heteroatoms. The van der Waals surface area contributed by atoms with E-state index in [0.717, 1.165) is 67.3 Å². The summed E-state index contributed by atoms with van der Waals surface area (Å²) in [5.74, 6) is 2.90. The lowest BCUT2D eigenvalue weighted by Crippen LogP contribution is -2.42.